The molecule has 4 aromatic rings. The van der Waals surface area contributed by atoms with Gasteiger partial charge in [-0.2, -0.15) is 0 Å². The van der Waals surface area contributed by atoms with Gasteiger partial charge in [-0.25, -0.2) is 19.9 Å². The van der Waals surface area contributed by atoms with Crippen LogP contribution >= 0.6 is 0 Å². The van der Waals surface area contributed by atoms with Crippen LogP contribution in [-0.2, 0) is 0 Å². The molecule has 0 unspecified atom stereocenters. The molecule has 0 bridgehead atoms. The number of primary amides is 1. The van der Waals surface area contributed by atoms with Crippen molar-refractivity contribution in [1.29, 1.82) is 0 Å². The molecule has 5 heterocycles. The summed E-state index contributed by atoms with van der Waals surface area (Å²) in [7, 11) is 2.21. The lowest BCUT2D eigenvalue weighted by Gasteiger charge is -2.42. The zero-order valence-electron chi connectivity index (χ0n) is 23.9. The number of carbonyl (C=O) groups is 1. The number of nitrogens with one attached hydrogen (secondary N) is 3. The standard InChI is InChI=1S/C30H37N11O/c1-39-14-16-41(17-15-39)22-9-12-40(13-10-22)21-6-4-20(5-7-21)36-30-26(27(31)42)37-25(29(38-30)35-19-2-3-19)23-8-11-32-28-24(23)33-18-34-28/h4-8,11,18-19,22H,2-3,9-10,12-17H2,1H3,(H2,31,42)(H,32,33,34)(H2,35,36,38). The van der Waals surface area contributed by atoms with Crippen LogP contribution in [0.5, 0.6) is 0 Å². The van der Waals surface area contributed by atoms with Gasteiger partial charge >= 0.3 is 0 Å². The first-order valence-electron chi connectivity index (χ1n) is 14.8. The molecule has 0 spiro atoms. The lowest BCUT2D eigenvalue weighted by atomic mass is 10.0. The van der Waals surface area contributed by atoms with Gasteiger partial charge in [0.15, 0.2) is 23.0 Å². The van der Waals surface area contributed by atoms with Crippen molar-refractivity contribution in [2.45, 2.75) is 37.8 Å². The Morgan fingerprint density at radius 2 is 1.69 bits per heavy atom. The van der Waals surface area contributed by atoms with Crippen LogP contribution in [0.4, 0.5) is 23.0 Å². The Kier molecular flexibility index (Phi) is 7.08. The lowest BCUT2D eigenvalue weighted by molar-refractivity contribution is 0.0982. The number of fused-ring (bicyclic) bond motifs is 1. The van der Waals surface area contributed by atoms with Gasteiger partial charge < -0.3 is 31.2 Å². The van der Waals surface area contributed by atoms with E-state index in [2.05, 4.69) is 59.5 Å². The predicted octanol–water partition coefficient (Wildman–Crippen LogP) is 3.05. The highest BCUT2D eigenvalue weighted by molar-refractivity contribution is 5.99. The van der Waals surface area contributed by atoms with Gasteiger partial charge in [0.05, 0.1) is 6.33 Å². The first-order chi connectivity index (χ1) is 20.5. The third-order valence-corrected chi connectivity index (χ3v) is 8.64. The van der Waals surface area contributed by atoms with Crippen molar-refractivity contribution in [3.63, 3.8) is 0 Å². The minimum atomic E-state index is -0.656. The highest BCUT2D eigenvalue weighted by atomic mass is 16.1. The fraction of sp³-hybridized carbons (Fsp3) is 0.433. The van der Waals surface area contributed by atoms with Crippen LogP contribution in [0.25, 0.3) is 22.4 Å². The van der Waals surface area contributed by atoms with E-state index in [9.17, 15) is 4.79 Å². The Morgan fingerprint density at radius 1 is 0.929 bits per heavy atom. The molecule has 12 heteroatoms. The van der Waals surface area contributed by atoms with E-state index in [-0.39, 0.29) is 5.69 Å². The molecule has 1 amide bonds. The molecule has 42 heavy (non-hydrogen) atoms. The molecule has 5 N–H and O–H groups in total. The predicted molar refractivity (Wildman–Crippen MR) is 164 cm³/mol. The monoisotopic (exact) mass is 567 g/mol. The fourth-order valence-electron chi connectivity index (χ4n) is 6.01. The number of benzene rings is 1. The maximum absolute atomic E-state index is 12.6. The number of imidazole rings is 1. The van der Waals surface area contributed by atoms with Crippen molar-refractivity contribution in [3.05, 3.63) is 48.5 Å². The molecule has 3 aliphatic rings. The SMILES string of the molecule is CN1CCN(C2CCN(c3ccc(Nc4nc(NC5CC5)c(-c5ccnc6[nH]cnc56)nc4C(N)=O)cc3)CC2)CC1. The van der Waals surface area contributed by atoms with Crippen molar-refractivity contribution in [1.82, 2.24) is 34.7 Å². The minimum Gasteiger partial charge on any atom is -0.371 e. The Labute approximate surface area is 244 Å². The number of H-pyrrole nitrogens is 1. The summed E-state index contributed by atoms with van der Waals surface area (Å²) in [5, 5.41) is 6.78. The summed E-state index contributed by atoms with van der Waals surface area (Å²) in [4.78, 5) is 41.5. The van der Waals surface area contributed by atoms with Crippen LogP contribution in [0.15, 0.2) is 42.9 Å². The van der Waals surface area contributed by atoms with Crippen molar-refractivity contribution in [2.24, 2.45) is 5.73 Å². The van der Waals surface area contributed by atoms with Crippen molar-refractivity contribution in [2.75, 3.05) is 61.8 Å². The molecular weight excluding hydrogens is 530 g/mol. The second kappa shape index (κ2) is 11.2. The lowest BCUT2D eigenvalue weighted by Crippen LogP contribution is -2.52. The number of aromatic nitrogens is 5. The van der Waals surface area contributed by atoms with Crippen LogP contribution in [0.2, 0.25) is 0 Å². The molecule has 2 saturated heterocycles. The smallest absolute Gasteiger partial charge is 0.271 e. The number of carbonyl (C=O) groups excluding carboxylic acids is 1. The summed E-state index contributed by atoms with van der Waals surface area (Å²) in [5.74, 6) is 0.249. The van der Waals surface area contributed by atoms with Crippen LogP contribution in [0.3, 0.4) is 0 Å². The summed E-state index contributed by atoms with van der Waals surface area (Å²) in [6.45, 7) is 6.78. The van der Waals surface area contributed by atoms with Gasteiger partial charge in [0, 0.05) is 74.5 Å². The quantitative estimate of drug-likeness (QED) is 0.251. The third-order valence-electron chi connectivity index (χ3n) is 8.64. The van der Waals surface area contributed by atoms with Crippen LogP contribution in [0.1, 0.15) is 36.2 Å². The molecule has 0 radical (unpaired) electrons. The number of amides is 1. The van der Waals surface area contributed by atoms with Gasteiger partial charge in [-0.1, -0.05) is 0 Å². The van der Waals surface area contributed by atoms with Crippen LogP contribution < -0.4 is 21.3 Å². The molecule has 3 aromatic heterocycles. The number of nitrogens with zero attached hydrogens (tertiary/aromatic N) is 7. The molecule has 1 saturated carbocycles. The fourth-order valence-corrected chi connectivity index (χ4v) is 6.01. The third kappa shape index (κ3) is 5.47. The van der Waals surface area contributed by atoms with E-state index in [0.29, 0.717) is 40.6 Å². The summed E-state index contributed by atoms with van der Waals surface area (Å²) in [5.41, 5.74) is 10.4. The van der Waals surface area contributed by atoms with Gasteiger partial charge in [0.1, 0.15) is 11.2 Å². The van der Waals surface area contributed by atoms with E-state index in [1.54, 1.807) is 12.5 Å². The summed E-state index contributed by atoms with van der Waals surface area (Å²) in [6.07, 6.45) is 7.77. The number of nitrogens with two attached hydrogens (primary N) is 1. The maximum Gasteiger partial charge on any atom is 0.271 e. The Balaban J connectivity index is 1.10. The average Bonchev–Trinajstić information content (AvgIpc) is 3.69. The second-order valence-electron chi connectivity index (χ2n) is 11.6. The average molecular weight is 568 g/mol. The Bertz CT molecular complexity index is 1570. The van der Waals surface area contributed by atoms with E-state index in [4.69, 9.17) is 15.7 Å². The zero-order valence-corrected chi connectivity index (χ0v) is 23.9. The van der Waals surface area contributed by atoms with Gasteiger partial charge in [-0.05, 0) is 63.1 Å². The molecule has 218 valence electrons. The molecule has 12 nitrogen and oxygen atoms in total. The number of aromatic amines is 1. The molecule has 7 rings (SSSR count). The largest absolute Gasteiger partial charge is 0.371 e. The first kappa shape index (κ1) is 26.6. The van der Waals surface area contributed by atoms with Crippen molar-refractivity contribution < 1.29 is 4.79 Å². The van der Waals surface area contributed by atoms with E-state index in [1.165, 1.54) is 31.6 Å². The molecule has 1 aliphatic carbocycles. The molecule has 1 aromatic carbocycles. The summed E-state index contributed by atoms with van der Waals surface area (Å²) in [6, 6.07) is 11.1. The summed E-state index contributed by atoms with van der Waals surface area (Å²) >= 11 is 0. The number of anilines is 4. The van der Waals surface area contributed by atoms with Gasteiger partial charge in [0.2, 0.25) is 0 Å². The minimum absolute atomic E-state index is 0.0712. The molecular formula is C30H37N11O. The Morgan fingerprint density at radius 3 is 2.40 bits per heavy atom. The maximum atomic E-state index is 12.6. The Hall–Kier alpha value is -4.29. The van der Waals surface area contributed by atoms with Crippen LogP contribution in [0, 0.1) is 0 Å². The van der Waals surface area contributed by atoms with Crippen molar-refractivity contribution in [3.8, 4) is 11.3 Å². The highest BCUT2D eigenvalue weighted by Gasteiger charge is 2.28. The number of rotatable bonds is 8. The number of hydrogen-bond donors (Lipinski definition) is 4. The van der Waals surface area contributed by atoms with Gasteiger partial charge in [-0.3, -0.25) is 9.69 Å². The molecule has 2 aliphatic heterocycles. The number of piperidine rings is 1. The van der Waals surface area contributed by atoms with E-state index in [1.807, 2.05) is 18.2 Å². The number of hydrogen-bond acceptors (Lipinski definition) is 10. The number of pyridine rings is 1. The van der Waals surface area contributed by atoms with Gasteiger partial charge in [-0.15, -0.1) is 0 Å². The van der Waals surface area contributed by atoms with Crippen molar-refractivity contribution >= 4 is 40.1 Å². The van der Waals surface area contributed by atoms with E-state index in [0.717, 1.165) is 50.3 Å². The number of likely N-dealkylation sites (N-methyl/N-ethyl adjacent to an activating group) is 1. The first-order valence-corrected chi connectivity index (χ1v) is 14.8. The second-order valence-corrected chi connectivity index (χ2v) is 11.6. The number of piperazine rings is 1. The zero-order chi connectivity index (χ0) is 28.6. The molecule has 3 fully saturated rings. The topological polar surface area (TPSA) is 144 Å². The highest BCUT2D eigenvalue weighted by Crippen LogP contribution is 2.35. The normalized spacial score (nSPS) is 18.8. The van der Waals surface area contributed by atoms with Crippen LogP contribution in [-0.4, -0.2) is 99.0 Å². The van der Waals surface area contributed by atoms with E-state index < -0.39 is 5.91 Å². The summed E-state index contributed by atoms with van der Waals surface area (Å²) < 4.78 is 0. The van der Waals surface area contributed by atoms with Gasteiger partial charge in [0.25, 0.3) is 5.91 Å². The van der Waals surface area contributed by atoms with E-state index >= 15 is 0 Å². The molecule has 0 atom stereocenters.